The standard InChI is InChI=1S/C8H13NO5/c1-4(9-6(3)10)8(13)14-5(2)7(11)12/h4-5H,1-3H3,(H,9,10)(H,11,12)/t4-,5-/m0/s1. The highest BCUT2D eigenvalue weighted by Gasteiger charge is 2.21. The SMILES string of the molecule is CC(=O)N[C@@H](C)C(=O)O[C@@H](C)C(=O)O. The Labute approximate surface area is 81.2 Å². The van der Waals surface area contributed by atoms with Crippen LogP contribution in [-0.2, 0) is 19.1 Å². The molecular formula is C8H13NO5. The van der Waals surface area contributed by atoms with Crippen molar-refractivity contribution >= 4 is 17.8 Å². The number of hydrogen-bond acceptors (Lipinski definition) is 4. The van der Waals surface area contributed by atoms with Crippen molar-refractivity contribution in [3.05, 3.63) is 0 Å². The van der Waals surface area contributed by atoms with Crippen LogP contribution in [0.5, 0.6) is 0 Å². The normalized spacial score (nSPS) is 13.9. The lowest BCUT2D eigenvalue weighted by molar-refractivity contribution is -0.164. The summed E-state index contributed by atoms with van der Waals surface area (Å²) < 4.78 is 4.52. The fourth-order valence-corrected chi connectivity index (χ4v) is 0.691. The molecule has 0 aliphatic rings. The van der Waals surface area contributed by atoms with Crippen LogP contribution < -0.4 is 5.32 Å². The average molecular weight is 203 g/mol. The third-order valence-electron chi connectivity index (χ3n) is 1.41. The molecule has 0 radical (unpaired) electrons. The molecule has 0 aliphatic heterocycles. The Balaban J connectivity index is 4.07. The van der Waals surface area contributed by atoms with Gasteiger partial charge in [0.15, 0.2) is 6.10 Å². The van der Waals surface area contributed by atoms with E-state index in [1.807, 2.05) is 0 Å². The van der Waals surface area contributed by atoms with Gasteiger partial charge in [-0.2, -0.15) is 0 Å². The van der Waals surface area contributed by atoms with E-state index in [1.165, 1.54) is 20.8 Å². The van der Waals surface area contributed by atoms with Crippen molar-refractivity contribution in [1.29, 1.82) is 0 Å². The van der Waals surface area contributed by atoms with Gasteiger partial charge >= 0.3 is 11.9 Å². The van der Waals surface area contributed by atoms with Crippen LogP contribution in [0.25, 0.3) is 0 Å². The van der Waals surface area contributed by atoms with E-state index in [0.717, 1.165) is 0 Å². The lowest BCUT2D eigenvalue weighted by Gasteiger charge is -2.14. The van der Waals surface area contributed by atoms with Gasteiger partial charge in [-0.1, -0.05) is 0 Å². The fraction of sp³-hybridized carbons (Fsp3) is 0.625. The highest BCUT2D eigenvalue weighted by molar-refractivity contribution is 5.84. The van der Waals surface area contributed by atoms with E-state index in [-0.39, 0.29) is 5.91 Å². The van der Waals surface area contributed by atoms with Crippen molar-refractivity contribution in [2.75, 3.05) is 0 Å². The van der Waals surface area contributed by atoms with Crippen molar-refractivity contribution < 1.29 is 24.2 Å². The number of aliphatic carboxylic acids is 1. The Hall–Kier alpha value is -1.59. The Morgan fingerprint density at radius 3 is 2.14 bits per heavy atom. The van der Waals surface area contributed by atoms with Crippen LogP contribution >= 0.6 is 0 Å². The molecule has 0 unspecified atom stereocenters. The Morgan fingerprint density at radius 2 is 1.79 bits per heavy atom. The predicted molar refractivity (Wildman–Crippen MR) is 46.5 cm³/mol. The summed E-state index contributed by atoms with van der Waals surface area (Å²) in [6.45, 7) is 3.91. The van der Waals surface area contributed by atoms with Gasteiger partial charge in [0, 0.05) is 6.92 Å². The molecule has 14 heavy (non-hydrogen) atoms. The average Bonchev–Trinajstić information content (AvgIpc) is 2.02. The Morgan fingerprint density at radius 1 is 1.29 bits per heavy atom. The number of rotatable bonds is 4. The molecular weight excluding hydrogens is 190 g/mol. The van der Waals surface area contributed by atoms with Gasteiger partial charge in [0.05, 0.1) is 0 Å². The zero-order valence-corrected chi connectivity index (χ0v) is 8.23. The molecule has 2 N–H and O–H groups in total. The molecule has 80 valence electrons. The number of carboxylic acid groups (broad SMARTS) is 1. The second kappa shape index (κ2) is 5.21. The summed E-state index contributed by atoms with van der Waals surface area (Å²) in [6.07, 6.45) is -1.21. The summed E-state index contributed by atoms with van der Waals surface area (Å²) in [4.78, 5) is 32.0. The molecule has 2 atom stereocenters. The van der Waals surface area contributed by atoms with E-state index < -0.39 is 24.1 Å². The summed E-state index contributed by atoms with van der Waals surface area (Å²) in [5.41, 5.74) is 0. The highest BCUT2D eigenvalue weighted by Crippen LogP contribution is 1.95. The minimum Gasteiger partial charge on any atom is -0.479 e. The first-order valence-corrected chi connectivity index (χ1v) is 4.05. The molecule has 0 spiro atoms. The van der Waals surface area contributed by atoms with E-state index in [2.05, 4.69) is 10.1 Å². The maximum atomic E-state index is 11.1. The first-order valence-electron chi connectivity index (χ1n) is 4.05. The van der Waals surface area contributed by atoms with Gasteiger partial charge in [0.25, 0.3) is 0 Å². The number of carbonyl (C=O) groups is 3. The summed E-state index contributed by atoms with van der Waals surface area (Å²) in [6, 6.07) is -0.839. The van der Waals surface area contributed by atoms with Crippen LogP contribution in [0.3, 0.4) is 0 Å². The van der Waals surface area contributed by atoms with Gasteiger partial charge in [-0.05, 0) is 13.8 Å². The molecule has 6 heteroatoms. The maximum absolute atomic E-state index is 11.1. The van der Waals surface area contributed by atoms with Gasteiger partial charge in [-0.25, -0.2) is 9.59 Å². The van der Waals surface area contributed by atoms with E-state index >= 15 is 0 Å². The molecule has 6 nitrogen and oxygen atoms in total. The smallest absolute Gasteiger partial charge is 0.344 e. The number of hydrogen-bond donors (Lipinski definition) is 2. The van der Waals surface area contributed by atoms with Crippen molar-refractivity contribution in [1.82, 2.24) is 5.32 Å². The summed E-state index contributed by atoms with van der Waals surface area (Å²) in [5, 5.41) is 10.7. The minimum atomic E-state index is -1.23. The monoisotopic (exact) mass is 203 g/mol. The van der Waals surface area contributed by atoms with Gasteiger partial charge < -0.3 is 15.2 Å². The van der Waals surface area contributed by atoms with Crippen LogP contribution in [-0.4, -0.2) is 35.1 Å². The molecule has 0 aromatic rings. The van der Waals surface area contributed by atoms with E-state index in [0.29, 0.717) is 0 Å². The first kappa shape index (κ1) is 12.4. The fourth-order valence-electron chi connectivity index (χ4n) is 0.691. The molecule has 1 amide bonds. The molecule has 0 aliphatic carbocycles. The maximum Gasteiger partial charge on any atom is 0.344 e. The second-order valence-corrected chi connectivity index (χ2v) is 2.84. The van der Waals surface area contributed by atoms with Crippen molar-refractivity contribution in [2.24, 2.45) is 0 Å². The van der Waals surface area contributed by atoms with Gasteiger partial charge in [0.2, 0.25) is 5.91 Å². The molecule has 0 aromatic carbocycles. The third-order valence-corrected chi connectivity index (χ3v) is 1.41. The number of amides is 1. The molecule has 0 saturated heterocycles. The number of carbonyl (C=O) groups excluding carboxylic acids is 2. The van der Waals surface area contributed by atoms with Crippen molar-refractivity contribution in [3.63, 3.8) is 0 Å². The quantitative estimate of drug-likeness (QED) is 0.602. The van der Waals surface area contributed by atoms with E-state index in [1.54, 1.807) is 0 Å². The first-order chi connectivity index (χ1) is 6.34. The molecule has 0 bridgehead atoms. The molecule has 0 heterocycles. The summed E-state index contributed by atoms with van der Waals surface area (Å²) in [7, 11) is 0. The van der Waals surface area contributed by atoms with E-state index in [9.17, 15) is 14.4 Å². The van der Waals surface area contributed by atoms with Crippen LogP contribution in [0.1, 0.15) is 20.8 Å². The summed E-state index contributed by atoms with van der Waals surface area (Å²) in [5.74, 6) is -2.37. The molecule has 0 fully saturated rings. The minimum absolute atomic E-state index is 0.377. The van der Waals surface area contributed by atoms with E-state index in [4.69, 9.17) is 5.11 Å². The van der Waals surface area contributed by atoms with Gasteiger partial charge in [-0.3, -0.25) is 4.79 Å². The highest BCUT2D eigenvalue weighted by atomic mass is 16.6. The Bertz CT molecular complexity index is 250. The second-order valence-electron chi connectivity index (χ2n) is 2.84. The number of ether oxygens (including phenoxy) is 1. The Kier molecular flexibility index (Phi) is 4.62. The lowest BCUT2D eigenvalue weighted by Crippen LogP contribution is -2.40. The zero-order valence-electron chi connectivity index (χ0n) is 8.23. The van der Waals surface area contributed by atoms with Crippen LogP contribution in [0.4, 0.5) is 0 Å². The van der Waals surface area contributed by atoms with Crippen LogP contribution in [0, 0.1) is 0 Å². The van der Waals surface area contributed by atoms with Gasteiger partial charge in [-0.15, -0.1) is 0 Å². The largest absolute Gasteiger partial charge is 0.479 e. The lowest BCUT2D eigenvalue weighted by atomic mass is 10.3. The predicted octanol–water partition coefficient (Wildman–Crippen LogP) is -0.473. The van der Waals surface area contributed by atoms with Crippen molar-refractivity contribution in [2.45, 2.75) is 32.9 Å². The molecule has 0 aromatic heterocycles. The number of nitrogens with one attached hydrogen (secondary N) is 1. The van der Waals surface area contributed by atoms with Crippen LogP contribution in [0.2, 0.25) is 0 Å². The van der Waals surface area contributed by atoms with Crippen LogP contribution in [0.15, 0.2) is 0 Å². The number of carboxylic acids is 1. The third kappa shape index (κ3) is 4.44. The summed E-state index contributed by atoms with van der Waals surface area (Å²) >= 11 is 0. The zero-order chi connectivity index (χ0) is 11.3. The van der Waals surface area contributed by atoms with Crippen molar-refractivity contribution in [3.8, 4) is 0 Å². The molecule has 0 rings (SSSR count). The van der Waals surface area contributed by atoms with Gasteiger partial charge in [0.1, 0.15) is 6.04 Å². The molecule has 0 saturated carbocycles. The topological polar surface area (TPSA) is 92.7 Å². The number of esters is 1.